The van der Waals surface area contributed by atoms with Crippen molar-refractivity contribution >= 4 is 17.5 Å². The van der Waals surface area contributed by atoms with Crippen molar-refractivity contribution in [3.8, 4) is 0 Å². The smallest absolute Gasteiger partial charge is 0.277 e. The molecule has 0 spiro atoms. The molecule has 1 aromatic rings. The van der Waals surface area contributed by atoms with Gasteiger partial charge in [0.2, 0.25) is 0 Å². The van der Waals surface area contributed by atoms with Crippen LogP contribution < -0.4 is 5.48 Å². The van der Waals surface area contributed by atoms with Crippen LogP contribution in [0.25, 0.3) is 0 Å². The average molecular weight is 190 g/mol. The molecule has 64 valence electrons. The first kappa shape index (κ1) is 8.96. The van der Waals surface area contributed by atoms with E-state index in [-0.39, 0.29) is 10.6 Å². The van der Waals surface area contributed by atoms with Gasteiger partial charge in [-0.15, -0.1) is 0 Å². The molecule has 0 saturated heterocycles. The van der Waals surface area contributed by atoms with E-state index in [2.05, 4.69) is 0 Å². The molecule has 12 heavy (non-hydrogen) atoms. The molecule has 2 N–H and O–H groups in total. The summed E-state index contributed by atoms with van der Waals surface area (Å²) in [6, 6.07) is 3.94. The van der Waals surface area contributed by atoms with Crippen LogP contribution in [-0.2, 0) is 0 Å². The minimum absolute atomic E-state index is 0.156. The van der Waals surface area contributed by atoms with Gasteiger partial charge in [-0.25, -0.2) is 9.87 Å². The number of nitrogens with one attached hydrogen (secondary N) is 1. The minimum Gasteiger partial charge on any atom is -0.288 e. The monoisotopic (exact) mass is 189 g/mol. The third-order valence-electron chi connectivity index (χ3n) is 1.30. The Hall–Kier alpha value is -1.13. The van der Waals surface area contributed by atoms with Crippen LogP contribution >= 0.6 is 11.6 Å². The number of carbonyl (C=O) groups is 1. The van der Waals surface area contributed by atoms with Crippen LogP contribution in [0.1, 0.15) is 10.4 Å². The molecular formula is C7H5ClFNO2. The van der Waals surface area contributed by atoms with Gasteiger partial charge in [0.25, 0.3) is 5.91 Å². The number of hydrogen-bond donors (Lipinski definition) is 2. The number of benzene rings is 1. The molecule has 1 amide bonds. The quantitative estimate of drug-likeness (QED) is 0.521. The summed E-state index contributed by atoms with van der Waals surface area (Å²) in [5, 5.41) is 8.04. The van der Waals surface area contributed by atoms with E-state index < -0.39 is 11.7 Å². The molecule has 3 nitrogen and oxygen atoms in total. The van der Waals surface area contributed by atoms with E-state index in [1.165, 1.54) is 23.7 Å². The maximum atomic E-state index is 12.9. The van der Waals surface area contributed by atoms with Crippen molar-refractivity contribution in [2.45, 2.75) is 0 Å². The Bertz CT molecular complexity index is 316. The first-order valence-corrected chi connectivity index (χ1v) is 3.43. The normalized spacial score (nSPS) is 9.58. The lowest BCUT2D eigenvalue weighted by Crippen LogP contribution is -2.19. The zero-order valence-corrected chi connectivity index (χ0v) is 6.60. The van der Waals surface area contributed by atoms with Crippen LogP contribution in [0.5, 0.6) is 0 Å². The highest BCUT2D eigenvalue weighted by Crippen LogP contribution is 2.17. The molecule has 1 rings (SSSR count). The van der Waals surface area contributed by atoms with Crippen LogP contribution in [0, 0.1) is 5.82 Å². The predicted octanol–water partition coefficient (Wildman–Crippen LogP) is 1.60. The van der Waals surface area contributed by atoms with Gasteiger partial charge < -0.3 is 0 Å². The summed E-state index contributed by atoms with van der Waals surface area (Å²) in [6.07, 6.45) is 0. The fraction of sp³-hybridized carbons (Fsp3) is 0. The fourth-order valence-corrected chi connectivity index (χ4v) is 0.914. The standard InChI is InChI=1S/C7H5ClFNO2/c8-5-3-1-2-4(6(5)9)7(11)10-12/h1-3,12H,(H,10,11). The zero-order valence-electron chi connectivity index (χ0n) is 5.84. The molecule has 0 aliphatic rings. The molecule has 0 aliphatic carbocycles. The highest BCUT2D eigenvalue weighted by atomic mass is 35.5. The van der Waals surface area contributed by atoms with E-state index in [1.54, 1.807) is 0 Å². The van der Waals surface area contributed by atoms with Crippen molar-refractivity contribution in [3.05, 3.63) is 34.6 Å². The maximum Gasteiger partial charge on any atom is 0.277 e. The second-order valence-electron chi connectivity index (χ2n) is 2.04. The van der Waals surface area contributed by atoms with Crippen LogP contribution in [-0.4, -0.2) is 11.1 Å². The number of halogens is 2. The Labute approximate surface area is 72.7 Å². The van der Waals surface area contributed by atoms with Gasteiger partial charge in [-0.05, 0) is 12.1 Å². The number of hydroxylamine groups is 1. The van der Waals surface area contributed by atoms with Gasteiger partial charge in [-0.2, -0.15) is 0 Å². The lowest BCUT2D eigenvalue weighted by atomic mass is 10.2. The van der Waals surface area contributed by atoms with Gasteiger partial charge >= 0.3 is 0 Å². The Morgan fingerprint density at radius 1 is 1.58 bits per heavy atom. The van der Waals surface area contributed by atoms with Crippen molar-refractivity contribution in [1.29, 1.82) is 0 Å². The molecule has 0 fully saturated rings. The molecule has 1 aromatic carbocycles. The SMILES string of the molecule is O=C(NO)c1cccc(Cl)c1F. The first-order valence-electron chi connectivity index (χ1n) is 3.05. The highest BCUT2D eigenvalue weighted by Gasteiger charge is 2.12. The van der Waals surface area contributed by atoms with Gasteiger partial charge in [0, 0.05) is 0 Å². The number of hydrogen-bond acceptors (Lipinski definition) is 2. The third kappa shape index (κ3) is 1.54. The molecule has 0 unspecified atom stereocenters. The lowest BCUT2D eigenvalue weighted by Gasteiger charge is -2.00. The topological polar surface area (TPSA) is 49.3 Å². The molecule has 0 atom stereocenters. The molecule has 0 heterocycles. The summed E-state index contributed by atoms with van der Waals surface area (Å²) in [7, 11) is 0. The van der Waals surface area contributed by atoms with Gasteiger partial charge in [-0.3, -0.25) is 10.0 Å². The van der Waals surface area contributed by atoms with Gasteiger partial charge in [0.05, 0.1) is 10.6 Å². The van der Waals surface area contributed by atoms with Gasteiger partial charge in [0.15, 0.2) is 5.82 Å². The van der Waals surface area contributed by atoms with E-state index in [4.69, 9.17) is 16.8 Å². The van der Waals surface area contributed by atoms with Crippen molar-refractivity contribution in [3.63, 3.8) is 0 Å². The Morgan fingerprint density at radius 3 is 2.83 bits per heavy atom. The summed E-state index contributed by atoms with van der Waals surface area (Å²) in [5.74, 6) is -1.76. The summed E-state index contributed by atoms with van der Waals surface area (Å²) in [6.45, 7) is 0. The van der Waals surface area contributed by atoms with E-state index in [1.807, 2.05) is 0 Å². The largest absolute Gasteiger partial charge is 0.288 e. The number of rotatable bonds is 1. The Kier molecular flexibility index (Phi) is 2.62. The van der Waals surface area contributed by atoms with Gasteiger partial charge in [-0.1, -0.05) is 17.7 Å². The highest BCUT2D eigenvalue weighted by molar-refractivity contribution is 6.31. The molecule has 5 heteroatoms. The van der Waals surface area contributed by atoms with E-state index in [0.717, 1.165) is 0 Å². The molecule has 0 radical (unpaired) electrons. The second-order valence-corrected chi connectivity index (χ2v) is 2.45. The lowest BCUT2D eigenvalue weighted by molar-refractivity contribution is 0.0702. The summed E-state index contributed by atoms with van der Waals surface area (Å²) in [4.78, 5) is 10.7. The first-order chi connectivity index (χ1) is 5.66. The molecule has 0 saturated carbocycles. The van der Waals surface area contributed by atoms with Crippen LogP contribution in [0.3, 0.4) is 0 Å². The average Bonchev–Trinajstić information content (AvgIpc) is 2.08. The van der Waals surface area contributed by atoms with Crippen LogP contribution in [0.4, 0.5) is 4.39 Å². The third-order valence-corrected chi connectivity index (χ3v) is 1.59. The van der Waals surface area contributed by atoms with Crippen LogP contribution in [0.15, 0.2) is 18.2 Å². The summed E-state index contributed by atoms with van der Waals surface area (Å²) in [5.41, 5.74) is 1.02. The molecule has 0 aliphatic heterocycles. The zero-order chi connectivity index (χ0) is 9.14. The molecule has 0 aromatic heterocycles. The molecule has 0 bridgehead atoms. The summed E-state index contributed by atoms with van der Waals surface area (Å²) >= 11 is 5.38. The van der Waals surface area contributed by atoms with Crippen molar-refractivity contribution in [2.75, 3.05) is 0 Å². The van der Waals surface area contributed by atoms with Crippen molar-refractivity contribution < 1.29 is 14.4 Å². The Balaban J connectivity index is 3.16. The van der Waals surface area contributed by atoms with Crippen molar-refractivity contribution in [1.82, 2.24) is 5.48 Å². The molecular weight excluding hydrogens is 185 g/mol. The number of amides is 1. The minimum atomic E-state index is -0.921. The number of carbonyl (C=O) groups excluding carboxylic acids is 1. The van der Waals surface area contributed by atoms with Crippen molar-refractivity contribution in [2.24, 2.45) is 0 Å². The Morgan fingerprint density at radius 2 is 2.25 bits per heavy atom. The van der Waals surface area contributed by atoms with Crippen LogP contribution in [0.2, 0.25) is 5.02 Å². The second kappa shape index (κ2) is 3.51. The predicted molar refractivity (Wildman–Crippen MR) is 40.7 cm³/mol. The summed E-state index contributed by atoms with van der Waals surface area (Å²) < 4.78 is 12.9. The van der Waals surface area contributed by atoms with E-state index in [0.29, 0.717) is 0 Å². The fourth-order valence-electron chi connectivity index (χ4n) is 0.739. The maximum absolute atomic E-state index is 12.9. The van der Waals surface area contributed by atoms with E-state index in [9.17, 15) is 9.18 Å². The van der Waals surface area contributed by atoms with E-state index >= 15 is 0 Å². The van der Waals surface area contributed by atoms with Gasteiger partial charge in [0.1, 0.15) is 0 Å².